The van der Waals surface area contributed by atoms with Gasteiger partial charge in [-0.05, 0) is 6.07 Å². The van der Waals surface area contributed by atoms with Crippen LogP contribution in [-0.4, -0.2) is 54.4 Å². The van der Waals surface area contributed by atoms with Gasteiger partial charge in [-0.2, -0.15) is 4.98 Å². The zero-order chi connectivity index (χ0) is 15.4. The molecule has 0 aliphatic carbocycles. The van der Waals surface area contributed by atoms with Gasteiger partial charge in [0.2, 0.25) is 12.2 Å². The molecule has 1 saturated heterocycles. The van der Waals surface area contributed by atoms with Crippen LogP contribution in [-0.2, 0) is 11.2 Å². The Bertz CT molecular complexity index is 784. The maximum atomic E-state index is 12.7. The van der Waals surface area contributed by atoms with Crippen LogP contribution in [0.25, 0.3) is 5.65 Å². The minimum atomic E-state index is -0.995. The molecule has 2 aromatic rings. The van der Waals surface area contributed by atoms with E-state index >= 15 is 0 Å². The van der Waals surface area contributed by atoms with Crippen LogP contribution in [0.2, 0.25) is 0 Å². The Balaban J connectivity index is 1.79. The van der Waals surface area contributed by atoms with Crippen molar-refractivity contribution in [2.75, 3.05) is 6.61 Å². The maximum Gasteiger partial charge on any atom is 0.336 e. The molecule has 22 heavy (non-hydrogen) atoms. The van der Waals surface area contributed by atoms with E-state index in [2.05, 4.69) is 4.98 Å². The van der Waals surface area contributed by atoms with Gasteiger partial charge >= 0.3 is 5.69 Å². The van der Waals surface area contributed by atoms with E-state index < -0.39 is 24.7 Å². The summed E-state index contributed by atoms with van der Waals surface area (Å²) < 4.78 is 13.4. The highest BCUT2D eigenvalue weighted by atomic mass is 16.6. The van der Waals surface area contributed by atoms with E-state index in [0.717, 1.165) is 0 Å². The van der Waals surface area contributed by atoms with Crippen LogP contribution in [0.4, 0.5) is 0 Å². The highest BCUT2D eigenvalue weighted by Gasteiger charge is 2.36. The van der Waals surface area contributed by atoms with Crippen molar-refractivity contribution in [3.8, 4) is 5.88 Å². The van der Waals surface area contributed by atoms with Crippen LogP contribution >= 0.6 is 0 Å². The minimum Gasteiger partial charge on any atom is -0.446 e. The third kappa shape index (κ3) is 1.87. The number of ether oxygens (including phenoxy) is 2. The SMILES string of the molecule is O=c1n([C@H]2C[C@H](O)[C@@H](CO)O2)ccc2nc3c(n12)CC(O)O3. The molecule has 2 aliphatic rings. The highest BCUT2D eigenvalue weighted by Crippen LogP contribution is 2.29. The van der Waals surface area contributed by atoms with Crippen molar-refractivity contribution < 1.29 is 24.8 Å². The van der Waals surface area contributed by atoms with Gasteiger partial charge in [-0.25, -0.2) is 9.20 Å². The van der Waals surface area contributed by atoms with E-state index in [1.54, 1.807) is 6.07 Å². The average molecular weight is 309 g/mol. The molecule has 4 atom stereocenters. The summed E-state index contributed by atoms with van der Waals surface area (Å²) in [5, 5.41) is 28.4. The van der Waals surface area contributed by atoms with Gasteiger partial charge in [0.15, 0.2) is 0 Å². The lowest BCUT2D eigenvalue weighted by atomic mass is 10.2. The Morgan fingerprint density at radius 2 is 2.23 bits per heavy atom. The van der Waals surface area contributed by atoms with Crippen LogP contribution in [0.5, 0.6) is 5.88 Å². The fourth-order valence-electron chi connectivity index (χ4n) is 2.98. The zero-order valence-electron chi connectivity index (χ0n) is 11.5. The number of rotatable bonds is 2. The summed E-state index contributed by atoms with van der Waals surface area (Å²) in [6.07, 6.45) is -1.24. The van der Waals surface area contributed by atoms with Gasteiger partial charge in [-0.3, -0.25) is 4.57 Å². The Morgan fingerprint density at radius 1 is 1.41 bits per heavy atom. The van der Waals surface area contributed by atoms with Gasteiger partial charge in [0, 0.05) is 12.6 Å². The average Bonchev–Trinajstić information content (AvgIpc) is 3.10. The van der Waals surface area contributed by atoms with Crippen molar-refractivity contribution in [3.63, 3.8) is 0 Å². The predicted octanol–water partition coefficient (Wildman–Crippen LogP) is -1.61. The van der Waals surface area contributed by atoms with E-state index in [0.29, 0.717) is 11.3 Å². The van der Waals surface area contributed by atoms with Crippen molar-refractivity contribution >= 4 is 5.65 Å². The molecule has 0 amide bonds. The molecule has 0 bridgehead atoms. The third-order valence-electron chi connectivity index (χ3n) is 4.07. The number of fused-ring (bicyclic) bond motifs is 3. The van der Waals surface area contributed by atoms with E-state index in [4.69, 9.17) is 14.6 Å². The molecule has 1 fully saturated rings. The maximum absolute atomic E-state index is 12.7. The van der Waals surface area contributed by atoms with E-state index in [-0.39, 0.29) is 31.0 Å². The predicted molar refractivity (Wildman–Crippen MR) is 71.4 cm³/mol. The Labute approximate surface area is 124 Å². The molecule has 9 heteroatoms. The summed E-state index contributed by atoms with van der Waals surface area (Å²) in [5.41, 5.74) is 0.550. The molecule has 118 valence electrons. The smallest absolute Gasteiger partial charge is 0.336 e. The Kier molecular flexibility index (Phi) is 2.98. The van der Waals surface area contributed by atoms with Crippen LogP contribution in [0.1, 0.15) is 18.3 Å². The van der Waals surface area contributed by atoms with Gasteiger partial charge in [0.25, 0.3) is 0 Å². The summed E-state index contributed by atoms with van der Waals surface area (Å²) in [6, 6.07) is 1.64. The van der Waals surface area contributed by atoms with Gasteiger partial charge in [-0.15, -0.1) is 0 Å². The van der Waals surface area contributed by atoms with Crippen molar-refractivity contribution in [1.29, 1.82) is 0 Å². The first kappa shape index (κ1) is 13.7. The minimum absolute atomic E-state index is 0.184. The monoisotopic (exact) mass is 309 g/mol. The number of aliphatic hydroxyl groups is 3. The number of imidazole rings is 1. The van der Waals surface area contributed by atoms with Crippen molar-refractivity contribution in [3.05, 3.63) is 28.4 Å². The Morgan fingerprint density at radius 3 is 2.95 bits per heavy atom. The van der Waals surface area contributed by atoms with E-state index in [1.807, 2.05) is 0 Å². The molecule has 0 spiro atoms. The van der Waals surface area contributed by atoms with Gasteiger partial charge in [0.1, 0.15) is 18.0 Å². The largest absolute Gasteiger partial charge is 0.446 e. The number of aromatic nitrogens is 3. The summed E-state index contributed by atoms with van der Waals surface area (Å²) in [6.45, 7) is -0.310. The molecule has 9 nitrogen and oxygen atoms in total. The second kappa shape index (κ2) is 4.78. The zero-order valence-corrected chi connectivity index (χ0v) is 11.5. The molecule has 0 radical (unpaired) electrons. The van der Waals surface area contributed by atoms with Crippen LogP contribution < -0.4 is 10.4 Å². The van der Waals surface area contributed by atoms with Crippen LogP contribution in [0.3, 0.4) is 0 Å². The number of hydrogen-bond acceptors (Lipinski definition) is 7. The quantitative estimate of drug-likeness (QED) is 0.610. The topological polar surface area (TPSA) is 118 Å². The lowest BCUT2D eigenvalue weighted by Gasteiger charge is -2.15. The van der Waals surface area contributed by atoms with Crippen molar-refractivity contribution in [2.45, 2.75) is 37.6 Å². The van der Waals surface area contributed by atoms with Crippen LogP contribution in [0.15, 0.2) is 17.1 Å². The van der Waals surface area contributed by atoms with Crippen LogP contribution in [0, 0.1) is 0 Å². The lowest BCUT2D eigenvalue weighted by Crippen LogP contribution is -2.31. The lowest BCUT2D eigenvalue weighted by molar-refractivity contribution is -0.0459. The molecule has 0 saturated carbocycles. The molecule has 2 aromatic heterocycles. The molecule has 4 heterocycles. The highest BCUT2D eigenvalue weighted by molar-refractivity contribution is 5.46. The first-order chi connectivity index (χ1) is 10.6. The van der Waals surface area contributed by atoms with Crippen molar-refractivity contribution in [2.24, 2.45) is 0 Å². The number of hydrogen-bond donors (Lipinski definition) is 3. The van der Waals surface area contributed by atoms with Gasteiger partial charge in [0.05, 0.1) is 24.8 Å². The molecule has 4 rings (SSSR count). The third-order valence-corrected chi connectivity index (χ3v) is 4.07. The van der Waals surface area contributed by atoms with E-state index in [9.17, 15) is 15.0 Å². The first-order valence-electron chi connectivity index (χ1n) is 7.00. The summed E-state index contributed by atoms with van der Waals surface area (Å²) in [5.74, 6) is 0.253. The second-order valence-electron chi connectivity index (χ2n) is 5.45. The van der Waals surface area contributed by atoms with E-state index in [1.165, 1.54) is 15.2 Å². The Hall–Kier alpha value is -1.94. The molecular weight excluding hydrogens is 294 g/mol. The molecule has 3 N–H and O–H groups in total. The number of nitrogens with zero attached hydrogens (tertiary/aromatic N) is 3. The second-order valence-corrected chi connectivity index (χ2v) is 5.45. The summed E-state index contributed by atoms with van der Waals surface area (Å²) >= 11 is 0. The fourth-order valence-corrected chi connectivity index (χ4v) is 2.98. The molecule has 1 unspecified atom stereocenters. The molecule has 0 aromatic carbocycles. The first-order valence-corrected chi connectivity index (χ1v) is 7.00. The van der Waals surface area contributed by atoms with Gasteiger partial charge in [-0.1, -0.05) is 0 Å². The standard InChI is InChI=1S/C13H15N3O6/c17-5-8-7(18)4-10(21-8)15-2-1-9-14-12-6(3-11(19)22-12)16(9)13(15)20/h1-2,7-8,10-11,17-19H,3-5H2/t7-,8+,10+,11?/m0/s1. The summed E-state index contributed by atoms with van der Waals surface area (Å²) in [7, 11) is 0. The normalized spacial score (nSPS) is 30.7. The fraction of sp³-hybridized carbons (Fsp3) is 0.538. The number of aliphatic hydroxyl groups excluding tert-OH is 3. The van der Waals surface area contributed by atoms with Gasteiger partial charge < -0.3 is 24.8 Å². The van der Waals surface area contributed by atoms with Crippen molar-refractivity contribution in [1.82, 2.24) is 14.0 Å². The molecular formula is C13H15N3O6. The summed E-state index contributed by atoms with van der Waals surface area (Å²) in [4.78, 5) is 16.8. The molecule has 2 aliphatic heterocycles.